The number of rotatable bonds is 7. The number of pyridine rings is 1. The molecule has 1 aliphatic heterocycles. The first-order chi connectivity index (χ1) is 23.3. The molecule has 10 nitrogen and oxygen atoms in total. The highest BCUT2D eigenvalue weighted by Crippen LogP contribution is 2.29. The Balaban J connectivity index is 1.24. The summed E-state index contributed by atoms with van der Waals surface area (Å²) in [5.74, 6) is 0.681. The molecule has 0 spiro atoms. The average Bonchev–Trinajstić information content (AvgIpc) is 3.47. The summed E-state index contributed by atoms with van der Waals surface area (Å²) in [4.78, 5) is 18.1. The van der Waals surface area contributed by atoms with Crippen LogP contribution in [0.5, 0.6) is 5.88 Å². The number of anilines is 1. The Bertz CT molecular complexity index is 2350. The number of para-hydroxylation sites is 1. The predicted octanol–water partition coefficient (Wildman–Crippen LogP) is 6.76. The molecule has 0 fully saturated rings. The van der Waals surface area contributed by atoms with Crippen LogP contribution in [0.25, 0.3) is 27.8 Å². The van der Waals surface area contributed by atoms with Crippen LogP contribution < -0.4 is 10.3 Å². The van der Waals surface area contributed by atoms with Crippen molar-refractivity contribution >= 4 is 38.4 Å². The van der Waals surface area contributed by atoms with Gasteiger partial charge in [0.2, 0.25) is 5.88 Å². The molecule has 7 rings (SSSR count). The molecule has 0 saturated carbocycles. The third-order valence-corrected chi connectivity index (χ3v) is 9.80. The number of halogens is 1. The molecule has 0 bridgehead atoms. The molecule has 0 atom stereocenters. The van der Waals surface area contributed by atoms with Crippen LogP contribution in [0.1, 0.15) is 37.1 Å². The number of hydrogen-bond acceptors (Lipinski definition) is 7. The molecule has 2 N–H and O–H groups in total. The molecular formula is C36H31FN6O4S. The molecule has 6 aromatic rings. The SMILES string of the molecule is O=c1c2ccccc2c(C=Nc2ccc(-c3nnc4n3CCCCCC4)cc2)c(O)n1-c1cccc(S(=O)(=O)Nc2ccccc2F)c1. The molecule has 48 heavy (non-hydrogen) atoms. The van der Waals surface area contributed by atoms with Crippen molar-refractivity contribution in [3.63, 3.8) is 0 Å². The van der Waals surface area contributed by atoms with Crippen LogP contribution in [0.4, 0.5) is 15.8 Å². The zero-order valence-electron chi connectivity index (χ0n) is 25.8. The van der Waals surface area contributed by atoms with Gasteiger partial charge < -0.3 is 9.67 Å². The molecule has 3 heterocycles. The maximum absolute atomic E-state index is 14.2. The molecule has 12 heteroatoms. The van der Waals surface area contributed by atoms with E-state index in [0.717, 1.165) is 53.7 Å². The van der Waals surface area contributed by atoms with Crippen molar-refractivity contribution in [2.75, 3.05) is 4.72 Å². The molecule has 242 valence electrons. The van der Waals surface area contributed by atoms with Gasteiger partial charge in [-0.15, -0.1) is 10.2 Å². The Morgan fingerprint density at radius 3 is 2.42 bits per heavy atom. The minimum absolute atomic E-state index is 0.0989. The normalized spacial score (nSPS) is 13.7. The van der Waals surface area contributed by atoms with Crippen LogP contribution >= 0.6 is 0 Å². The van der Waals surface area contributed by atoms with E-state index in [2.05, 4.69) is 24.5 Å². The second-order valence-corrected chi connectivity index (χ2v) is 13.2. The van der Waals surface area contributed by atoms with Gasteiger partial charge in [0.05, 0.1) is 27.5 Å². The Kier molecular flexibility index (Phi) is 8.32. The average molecular weight is 663 g/mol. The number of fused-ring (bicyclic) bond motifs is 2. The Morgan fingerprint density at radius 2 is 1.60 bits per heavy atom. The number of hydrogen-bond donors (Lipinski definition) is 2. The van der Waals surface area contributed by atoms with Crippen molar-refractivity contribution in [1.29, 1.82) is 0 Å². The van der Waals surface area contributed by atoms with E-state index in [1.54, 1.807) is 24.3 Å². The van der Waals surface area contributed by atoms with Gasteiger partial charge in [0.25, 0.3) is 15.6 Å². The summed E-state index contributed by atoms with van der Waals surface area (Å²) in [7, 11) is -4.24. The lowest BCUT2D eigenvalue weighted by Crippen LogP contribution is -2.21. The van der Waals surface area contributed by atoms with Crippen LogP contribution in [-0.2, 0) is 23.0 Å². The van der Waals surface area contributed by atoms with E-state index in [1.165, 1.54) is 61.5 Å². The third-order valence-electron chi connectivity index (χ3n) is 8.44. The second kappa shape index (κ2) is 12.9. The molecule has 0 aliphatic carbocycles. The van der Waals surface area contributed by atoms with Gasteiger partial charge in [0, 0.05) is 35.5 Å². The van der Waals surface area contributed by atoms with E-state index in [0.29, 0.717) is 16.5 Å². The predicted molar refractivity (Wildman–Crippen MR) is 183 cm³/mol. The lowest BCUT2D eigenvalue weighted by Gasteiger charge is -2.15. The number of aryl methyl sites for hydroxylation is 1. The van der Waals surface area contributed by atoms with Crippen LogP contribution in [0.3, 0.4) is 0 Å². The van der Waals surface area contributed by atoms with Gasteiger partial charge in [-0.05, 0) is 73.5 Å². The van der Waals surface area contributed by atoms with E-state index in [-0.39, 0.29) is 21.8 Å². The summed E-state index contributed by atoms with van der Waals surface area (Å²) in [6.45, 7) is 0.885. The van der Waals surface area contributed by atoms with Crippen molar-refractivity contribution in [2.45, 2.75) is 43.5 Å². The first-order valence-corrected chi connectivity index (χ1v) is 17.1. The minimum atomic E-state index is -4.24. The lowest BCUT2D eigenvalue weighted by molar-refractivity contribution is 0.436. The fraction of sp³-hybridized carbons (Fsp3) is 0.167. The van der Waals surface area contributed by atoms with Crippen LogP contribution in [0, 0.1) is 5.82 Å². The fourth-order valence-corrected chi connectivity index (χ4v) is 7.08. The molecule has 0 saturated heterocycles. The zero-order valence-corrected chi connectivity index (χ0v) is 26.6. The highest BCUT2D eigenvalue weighted by Gasteiger charge is 2.21. The maximum atomic E-state index is 14.2. The number of aromatic nitrogens is 4. The molecule has 4 aromatic carbocycles. The number of sulfonamides is 1. The lowest BCUT2D eigenvalue weighted by atomic mass is 10.1. The molecule has 0 unspecified atom stereocenters. The van der Waals surface area contributed by atoms with Crippen molar-refractivity contribution in [3.8, 4) is 23.0 Å². The van der Waals surface area contributed by atoms with Crippen molar-refractivity contribution < 1.29 is 17.9 Å². The van der Waals surface area contributed by atoms with Crippen LogP contribution in [0.2, 0.25) is 0 Å². The summed E-state index contributed by atoms with van der Waals surface area (Å²) in [6, 6.07) is 25.3. The number of aromatic hydroxyl groups is 1. The summed E-state index contributed by atoms with van der Waals surface area (Å²) < 4.78 is 46.1. The first kappa shape index (κ1) is 31.0. The number of benzene rings is 4. The van der Waals surface area contributed by atoms with Crippen LogP contribution in [0.15, 0.2) is 112 Å². The van der Waals surface area contributed by atoms with Gasteiger partial charge in [-0.3, -0.25) is 14.5 Å². The standard InChI is InChI=1S/C36H31FN6O4S/c37-31-14-6-7-15-32(31)41-48(46,47)27-11-9-10-26(22-27)43-35(44)29-13-5-4-12-28(29)30(36(43)45)23-38-25-19-17-24(18-20-25)34-40-39-33-16-3-1-2-8-21-42(33)34/h4-7,9-15,17-20,22-23,41,45H,1-3,8,16,21H2. The van der Waals surface area contributed by atoms with Crippen molar-refractivity contribution in [3.05, 3.63) is 125 Å². The largest absolute Gasteiger partial charge is 0.494 e. The Morgan fingerprint density at radius 1 is 0.854 bits per heavy atom. The molecular weight excluding hydrogens is 631 g/mol. The quantitative estimate of drug-likeness (QED) is 0.182. The summed E-state index contributed by atoms with van der Waals surface area (Å²) >= 11 is 0. The van der Waals surface area contributed by atoms with Gasteiger partial charge in [-0.1, -0.05) is 49.2 Å². The van der Waals surface area contributed by atoms with Gasteiger partial charge in [-0.25, -0.2) is 17.4 Å². The molecule has 0 amide bonds. The maximum Gasteiger partial charge on any atom is 0.265 e. The first-order valence-electron chi connectivity index (χ1n) is 15.6. The molecule has 1 aliphatic rings. The third kappa shape index (κ3) is 5.97. The summed E-state index contributed by atoms with van der Waals surface area (Å²) in [5.41, 5.74) is 1.14. The van der Waals surface area contributed by atoms with Crippen LogP contribution in [-0.4, -0.2) is 39.1 Å². The van der Waals surface area contributed by atoms with E-state index in [4.69, 9.17) is 0 Å². The topological polar surface area (TPSA) is 131 Å². The number of nitrogens with zero attached hydrogens (tertiary/aromatic N) is 5. The highest BCUT2D eigenvalue weighted by molar-refractivity contribution is 7.92. The van der Waals surface area contributed by atoms with E-state index in [1.807, 2.05) is 24.3 Å². The fourth-order valence-electron chi connectivity index (χ4n) is 5.98. The van der Waals surface area contributed by atoms with Gasteiger partial charge in [0.15, 0.2) is 5.82 Å². The molecule has 2 aromatic heterocycles. The number of nitrogens with one attached hydrogen (secondary N) is 1. The summed E-state index contributed by atoms with van der Waals surface area (Å²) in [5, 5.41) is 21.2. The second-order valence-electron chi connectivity index (χ2n) is 11.6. The Hall–Kier alpha value is -5.62. The van der Waals surface area contributed by atoms with Gasteiger partial charge >= 0.3 is 0 Å². The molecule has 0 radical (unpaired) electrons. The van der Waals surface area contributed by atoms with Crippen molar-refractivity contribution in [1.82, 2.24) is 19.3 Å². The Labute approximate surface area is 275 Å². The van der Waals surface area contributed by atoms with E-state index >= 15 is 0 Å². The van der Waals surface area contributed by atoms with Crippen molar-refractivity contribution in [2.24, 2.45) is 4.99 Å². The van der Waals surface area contributed by atoms with E-state index < -0.39 is 27.3 Å². The smallest absolute Gasteiger partial charge is 0.265 e. The number of aliphatic imine (C=N–C) groups is 1. The van der Waals surface area contributed by atoms with Gasteiger partial charge in [0.1, 0.15) is 11.6 Å². The summed E-state index contributed by atoms with van der Waals surface area (Å²) in [6.07, 6.45) is 6.99. The zero-order chi connectivity index (χ0) is 33.3. The van der Waals surface area contributed by atoms with Gasteiger partial charge in [-0.2, -0.15) is 0 Å². The van der Waals surface area contributed by atoms with E-state index in [9.17, 15) is 22.7 Å². The highest BCUT2D eigenvalue weighted by atomic mass is 32.2. The monoisotopic (exact) mass is 662 g/mol. The minimum Gasteiger partial charge on any atom is -0.494 e.